The molecule has 5 nitrogen and oxygen atoms in total. The first-order chi connectivity index (χ1) is 10.2. The Balaban J connectivity index is 1.66. The van der Waals surface area contributed by atoms with Crippen molar-refractivity contribution in [3.8, 4) is 0 Å². The molecule has 21 heavy (non-hydrogen) atoms. The lowest BCUT2D eigenvalue weighted by atomic mass is 9.84. The topological polar surface area (TPSA) is 53.5 Å². The number of rotatable bonds is 1. The third kappa shape index (κ3) is 1.87. The van der Waals surface area contributed by atoms with Crippen molar-refractivity contribution in [1.29, 1.82) is 0 Å². The van der Waals surface area contributed by atoms with Crippen molar-refractivity contribution in [2.75, 3.05) is 4.90 Å². The predicted molar refractivity (Wildman–Crippen MR) is 78.1 cm³/mol. The summed E-state index contributed by atoms with van der Waals surface area (Å²) in [5, 5.41) is 0.352. The van der Waals surface area contributed by atoms with Gasteiger partial charge in [0.1, 0.15) is 11.2 Å². The number of hydrogen-bond donors (Lipinski definition) is 0. The van der Waals surface area contributed by atoms with Crippen LogP contribution in [0.2, 0.25) is 5.15 Å². The molecule has 1 aliphatic carbocycles. The van der Waals surface area contributed by atoms with Crippen molar-refractivity contribution in [2.24, 2.45) is 5.92 Å². The zero-order valence-electron chi connectivity index (χ0n) is 11.5. The normalized spacial score (nSPS) is 31.6. The minimum absolute atomic E-state index is 0.112. The van der Waals surface area contributed by atoms with E-state index >= 15 is 0 Å². The Morgan fingerprint density at radius 3 is 2.76 bits per heavy atom. The van der Waals surface area contributed by atoms with Crippen molar-refractivity contribution in [1.82, 2.24) is 9.88 Å². The summed E-state index contributed by atoms with van der Waals surface area (Å²) >= 11 is 5.77. The van der Waals surface area contributed by atoms with Crippen molar-refractivity contribution in [3.63, 3.8) is 0 Å². The van der Waals surface area contributed by atoms with Crippen LogP contribution in [0.4, 0.5) is 10.5 Å². The molecule has 2 aliphatic heterocycles. The van der Waals surface area contributed by atoms with Crippen LogP contribution in [0.25, 0.3) is 0 Å². The zero-order valence-corrected chi connectivity index (χ0v) is 12.3. The number of fused-ring (bicyclic) bond motifs is 3. The van der Waals surface area contributed by atoms with Crippen molar-refractivity contribution in [2.45, 2.75) is 44.2 Å². The number of urea groups is 1. The van der Waals surface area contributed by atoms with Gasteiger partial charge in [-0.05, 0) is 37.3 Å². The molecule has 0 N–H and O–H groups in total. The fourth-order valence-electron chi connectivity index (χ4n) is 4.05. The minimum Gasteiger partial charge on any atom is -0.309 e. The molecule has 4 rings (SSSR count). The quantitative estimate of drug-likeness (QED) is 0.592. The molecule has 1 aromatic rings. The van der Waals surface area contributed by atoms with E-state index in [-0.39, 0.29) is 24.0 Å². The van der Waals surface area contributed by atoms with E-state index in [4.69, 9.17) is 11.6 Å². The van der Waals surface area contributed by atoms with Gasteiger partial charge in [-0.3, -0.25) is 4.79 Å². The number of halogens is 1. The molecule has 6 heteroatoms. The number of amides is 3. The van der Waals surface area contributed by atoms with E-state index in [0.717, 1.165) is 25.7 Å². The highest BCUT2D eigenvalue weighted by Crippen LogP contribution is 2.44. The number of carbonyl (C=O) groups is 2. The van der Waals surface area contributed by atoms with Crippen LogP contribution in [0.3, 0.4) is 0 Å². The van der Waals surface area contributed by atoms with Gasteiger partial charge in [0.05, 0.1) is 11.9 Å². The summed E-state index contributed by atoms with van der Waals surface area (Å²) in [5.74, 6) is 0.390. The summed E-state index contributed by atoms with van der Waals surface area (Å²) in [6.45, 7) is 0. The van der Waals surface area contributed by atoms with Gasteiger partial charge in [-0.2, -0.15) is 0 Å². The molecule has 3 amide bonds. The highest BCUT2D eigenvalue weighted by molar-refractivity contribution is 6.29. The van der Waals surface area contributed by atoms with Crippen LogP contribution in [0, 0.1) is 5.92 Å². The Morgan fingerprint density at radius 2 is 2.00 bits per heavy atom. The smallest absolute Gasteiger partial charge is 0.309 e. The third-order valence-electron chi connectivity index (χ3n) is 4.98. The summed E-state index contributed by atoms with van der Waals surface area (Å²) in [7, 11) is 0. The first-order valence-electron chi connectivity index (χ1n) is 7.44. The largest absolute Gasteiger partial charge is 0.332 e. The predicted octanol–water partition coefficient (Wildman–Crippen LogP) is 2.83. The summed E-state index contributed by atoms with van der Waals surface area (Å²) in [5.41, 5.74) is 0.510. The van der Waals surface area contributed by atoms with Crippen LogP contribution in [-0.4, -0.2) is 33.9 Å². The number of anilines is 1. The zero-order chi connectivity index (χ0) is 14.6. The molecule has 3 fully saturated rings. The first-order valence-corrected chi connectivity index (χ1v) is 7.82. The summed E-state index contributed by atoms with van der Waals surface area (Å²) in [4.78, 5) is 32.4. The Bertz CT molecular complexity index is 603. The molecular weight excluding hydrogens is 290 g/mol. The van der Waals surface area contributed by atoms with Crippen molar-refractivity contribution in [3.05, 3.63) is 23.5 Å². The Kier molecular flexibility index (Phi) is 2.92. The number of imide groups is 1. The highest BCUT2D eigenvalue weighted by Gasteiger charge is 2.55. The van der Waals surface area contributed by atoms with Gasteiger partial charge in [0.15, 0.2) is 0 Å². The molecule has 2 saturated heterocycles. The second-order valence-electron chi connectivity index (χ2n) is 6.07. The van der Waals surface area contributed by atoms with Crippen LogP contribution >= 0.6 is 11.6 Å². The highest BCUT2D eigenvalue weighted by atomic mass is 35.5. The van der Waals surface area contributed by atoms with Gasteiger partial charge in [-0.1, -0.05) is 24.4 Å². The lowest BCUT2D eigenvalue weighted by molar-refractivity contribution is -0.119. The second-order valence-corrected chi connectivity index (χ2v) is 6.45. The maximum atomic E-state index is 12.7. The van der Waals surface area contributed by atoms with Gasteiger partial charge in [-0.25, -0.2) is 14.7 Å². The molecule has 0 bridgehead atoms. The maximum absolute atomic E-state index is 12.7. The van der Waals surface area contributed by atoms with E-state index in [2.05, 4.69) is 4.98 Å². The second kappa shape index (κ2) is 4.70. The lowest BCUT2D eigenvalue weighted by Gasteiger charge is -2.30. The standard InChI is InChI=1S/C15H16ClN3O2/c16-13-6-5-10(8-17-13)18-14(20)12-7-9-3-1-2-4-11(9)19(12)15(18)21/h5-6,8-9,11-12H,1-4,7H2/t9-,11+,12-/m0/s1. The van der Waals surface area contributed by atoms with E-state index in [1.165, 1.54) is 17.5 Å². The van der Waals surface area contributed by atoms with E-state index in [9.17, 15) is 9.59 Å². The minimum atomic E-state index is -0.277. The maximum Gasteiger partial charge on any atom is 0.332 e. The summed E-state index contributed by atoms with van der Waals surface area (Å²) in [6, 6.07) is 3.05. The van der Waals surface area contributed by atoms with Gasteiger partial charge in [0.2, 0.25) is 0 Å². The molecule has 0 unspecified atom stereocenters. The van der Waals surface area contributed by atoms with Gasteiger partial charge in [-0.15, -0.1) is 0 Å². The summed E-state index contributed by atoms with van der Waals surface area (Å²) < 4.78 is 0. The molecule has 1 aromatic heterocycles. The number of carbonyl (C=O) groups excluding carboxylic acids is 2. The molecule has 110 valence electrons. The average Bonchev–Trinajstić information content (AvgIpc) is 2.98. The number of nitrogens with zero attached hydrogens (tertiary/aromatic N) is 3. The van der Waals surface area contributed by atoms with Crippen LogP contribution < -0.4 is 4.90 Å². The first kappa shape index (κ1) is 13.1. The lowest BCUT2D eigenvalue weighted by Crippen LogP contribution is -2.41. The molecule has 3 heterocycles. The SMILES string of the molecule is O=C1[C@@H]2C[C@@H]3CCCC[C@H]3N2C(=O)N1c1ccc(Cl)nc1. The van der Waals surface area contributed by atoms with Crippen molar-refractivity contribution >= 4 is 29.2 Å². The fraction of sp³-hybridized carbons (Fsp3) is 0.533. The number of pyridine rings is 1. The fourth-order valence-corrected chi connectivity index (χ4v) is 4.16. The van der Waals surface area contributed by atoms with Gasteiger partial charge < -0.3 is 4.90 Å². The Morgan fingerprint density at radius 1 is 1.19 bits per heavy atom. The number of hydrogen-bond acceptors (Lipinski definition) is 3. The van der Waals surface area contributed by atoms with Gasteiger partial charge in [0, 0.05) is 6.04 Å². The Labute approximate surface area is 127 Å². The summed E-state index contributed by atoms with van der Waals surface area (Å²) in [6.07, 6.45) is 6.82. The van der Waals surface area contributed by atoms with Crippen LogP contribution in [0.1, 0.15) is 32.1 Å². The average molecular weight is 306 g/mol. The van der Waals surface area contributed by atoms with E-state index in [1.807, 2.05) is 4.90 Å². The monoisotopic (exact) mass is 305 g/mol. The van der Waals surface area contributed by atoms with E-state index in [0.29, 0.717) is 16.8 Å². The molecule has 0 spiro atoms. The molecule has 0 aromatic carbocycles. The third-order valence-corrected chi connectivity index (χ3v) is 5.20. The molecule has 0 radical (unpaired) electrons. The van der Waals surface area contributed by atoms with Crippen LogP contribution in [-0.2, 0) is 4.79 Å². The van der Waals surface area contributed by atoms with Crippen LogP contribution in [0.15, 0.2) is 18.3 Å². The molecule has 3 atom stereocenters. The Hall–Kier alpha value is -1.62. The number of aromatic nitrogens is 1. The van der Waals surface area contributed by atoms with Gasteiger partial charge >= 0.3 is 6.03 Å². The van der Waals surface area contributed by atoms with Crippen LogP contribution in [0.5, 0.6) is 0 Å². The van der Waals surface area contributed by atoms with E-state index < -0.39 is 0 Å². The molecule has 1 saturated carbocycles. The van der Waals surface area contributed by atoms with Crippen molar-refractivity contribution < 1.29 is 9.59 Å². The molecule has 3 aliphatic rings. The molecular formula is C15H16ClN3O2. The van der Waals surface area contributed by atoms with E-state index in [1.54, 1.807) is 12.1 Å². The van der Waals surface area contributed by atoms with Gasteiger partial charge in [0.25, 0.3) is 5.91 Å².